The van der Waals surface area contributed by atoms with E-state index in [1.165, 1.54) is 199 Å². The first kappa shape index (κ1) is 50.9. The number of amides is 1. The van der Waals surface area contributed by atoms with E-state index in [0.29, 0.717) is 19.4 Å². The third-order valence-electron chi connectivity index (χ3n) is 11.2. The van der Waals surface area contributed by atoms with Gasteiger partial charge >= 0.3 is 5.97 Å². The van der Waals surface area contributed by atoms with E-state index in [0.717, 1.165) is 49.8 Å². The number of nitrogens with one attached hydrogen (secondary N) is 1. The number of quaternary nitrogens is 1. The monoisotopic (exact) mass is 736 g/mol. The zero-order valence-corrected chi connectivity index (χ0v) is 36.2. The first-order chi connectivity index (χ1) is 25.4. The molecule has 0 aromatic heterocycles. The van der Waals surface area contributed by atoms with Gasteiger partial charge in [-0.15, -0.1) is 0 Å². The van der Waals surface area contributed by atoms with Crippen LogP contribution in [0.15, 0.2) is 0 Å². The molecule has 0 heterocycles. The number of hydrogen-bond acceptors (Lipinski definition) is 3. The summed E-state index contributed by atoms with van der Waals surface area (Å²) in [4.78, 5) is 24.5. The van der Waals surface area contributed by atoms with Gasteiger partial charge in [-0.1, -0.05) is 219 Å². The molecule has 0 aromatic carbocycles. The summed E-state index contributed by atoms with van der Waals surface area (Å²) in [6, 6.07) is 0. The Hall–Kier alpha value is -1.10. The normalized spacial score (nSPS) is 11.7. The fraction of sp³-hybridized carbons (Fsp3) is 0.957. The van der Waals surface area contributed by atoms with Crippen LogP contribution in [0.3, 0.4) is 0 Å². The van der Waals surface area contributed by atoms with Crippen LogP contribution in [0.25, 0.3) is 0 Å². The summed E-state index contributed by atoms with van der Waals surface area (Å²) >= 11 is 0. The summed E-state index contributed by atoms with van der Waals surface area (Å²) in [7, 11) is 4.37. The second-order valence-corrected chi connectivity index (χ2v) is 17.1. The van der Waals surface area contributed by atoms with Crippen LogP contribution in [-0.2, 0) is 14.3 Å². The lowest BCUT2D eigenvalue weighted by molar-refractivity contribution is -0.890. The second kappa shape index (κ2) is 41.1. The first-order valence-corrected chi connectivity index (χ1v) is 23.7. The molecule has 0 atom stereocenters. The number of carbonyl (C=O) groups is 2. The van der Waals surface area contributed by atoms with Crippen LogP contribution in [-0.4, -0.2) is 56.7 Å². The topological polar surface area (TPSA) is 55.4 Å². The van der Waals surface area contributed by atoms with Crippen molar-refractivity contribution in [2.45, 2.75) is 251 Å². The van der Waals surface area contributed by atoms with Gasteiger partial charge in [0.05, 0.1) is 20.6 Å². The molecule has 0 saturated carbocycles. The Kier molecular flexibility index (Phi) is 40.2. The molecular formula is C47H95N2O3+. The van der Waals surface area contributed by atoms with Gasteiger partial charge in [-0.25, -0.2) is 0 Å². The summed E-state index contributed by atoms with van der Waals surface area (Å²) in [5.74, 6) is 0.155. The van der Waals surface area contributed by atoms with E-state index in [-0.39, 0.29) is 11.9 Å². The lowest BCUT2D eigenvalue weighted by Gasteiger charge is -2.29. The molecule has 5 nitrogen and oxygen atoms in total. The molecular weight excluding hydrogens is 641 g/mol. The fourth-order valence-corrected chi connectivity index (χ4v) is 7.42. The van der Waals surface area contributed by atoms with Gasteiger partial charge in [-0.05, 0) is 12.8 Å². The van der Waals surface area contributed by atoms with E-state index in [1.807, 2.05) is 0 Å². The molecule has 1 N–H and O–H groups in total. The van der Waals surface area contributed by atoms with Gasteiger partial charge in [-0.3, -0.25) is 9.59 Å². The van der Waals surface area contributed by atoms with Crippen molar-refractivity contribution in [3.63, 3.8) is 0 Å². The van der Waals surface area contributed by atoms with Gasteiger partial charge in [-0.2, -0.15) is 0 Å². The van der Waals surface area contributed by atoms with Gasteiger partial charge in [0.2, 0.25) is 5.91 Å². The van der Waals surface area contributed by atoms with Crippen molar-refractivity contribution < 1.29 is 18.8 Å². The summed E-state index contributed by atoms with van der Waals surface area (Å²) in [6.07, 6.45) is 48.3. The number of rotatable bonds is 43. The number of esters is 1. The van der Waals surface area contributed by atoms with Crippen LogP contribution >= 0.6 is 0 Å². The van der Waals surface area contributed by atoms with Crippen LogP contribution in [0, 0.1) is 0 Å². The highest BCUT2D eigenvalue weighted by Gasteiger charge is 2.16. The second-order valence-electron chi connectivity index (χ2n) is 17.1. The van der Waals surface area contributed by atoms with Crippen molar-refractivity contribution in [3.05, 3.63) is 0 Å². The number of carbonyl (C=O) groups excluding carboxylic acids is 2. The molecule has 0 bridgehead atoms. The lowest BCUT2D eigenvalue weighted by Crippen LogP contribution is -2.44. The van der Waals surface area contributed by atoms with E-state index >= 15 is 0 Å². The van der Waals surface area contributed by atoms with Crippen molar-refractivity contribution >= 4 is 11.9 Å². The molecule has 0 rings (SSSR count). The third kappa shape index (κ3) is 41.7. The average molecular weight is 736 g/mol. The fourth-order valence-electron chi connectivity index (χ4n) is 7.42. The minimum atomic E-state index is -0.0439. The molecule has 0 saturated heterocycles. The predicted octanol–water partition coefficient (Wildman–Crippen LogP) is 14.2. The van der Waals surface area contributed by atoms with E-state index in [9.17, 15) is 9.59 Å². The molecule has 0 aliphatic rings. The van der Waals surface area contributed by atoms with E-state index < -0.39 is 0 Å². The molecule has 0 radical (unpaired) electrons. The Morgan fingerprint density at radius 1 is 0.404 bits per heavy atom. The number of ether oxygens (including phenoxy) is 1. The van der Waals surface area contributed by atoms with E-state index in [1.54, 1.807) is 0 Å². The third-order valence-corrected chi connectivity index (χ3v) is 11.2. The molecule has 0 fully saturated rings. The minimum Gasteiger partial charge on any atom is -0.460 e. The predicted molar refractivity (Wildman–Crippen MR) is 228 cm³/mol. The molecule has 52 heavy (non-hydrogen) atoms. The Bertz CT molecular complexity index is 740. The zero-order chi connectivity index (χ0) is 38.1. The highest BCUT2D eigenvalue weighted by atomic mass is 16.5. The molecule has 5 heteroatoms. The van der Waals surface area contributed by atoms with Crippen LogP contribution in [0.5, 0.6) is 0 Å². The molecule has 0 aliphatic heterocycles. The van der Waals surface area contributed by atoms with Crippen molar-refractivity contribution in [2.75, 3.05) is 40.3 Å². The lowest BCUT2D eigenvalue weighted by atomic mass is 10.0. The van der Waals surface area contributed by atoms with Gasteiger partial charge in [0.15, 0.2) is 0 Å². The Morgan fingerprint density at radius 3 is 1.06 bits per heavy atom. The first-order valence-electron chi connectivity index (χ1n) is 23.7. The van der Waals surface area contributed by atoms with Crippen LogP contribution in [0.1, 0.15) is 251 Å². The zero-order valence-electron chi connectivity index (χ0n) is 36.2. The number of unbranched alkanes of at least 4 members (excludes halogenated alkanes) is 32. The van der Waals surface area contributed by atoms with Gasteiger partial charge in [0.1, 0.15) is 13.2 Å². The van der Waals surface area contributed by atoms with Crippen LogP contribution < -0.4 is 5.32 Å². The molecule has 0 aromatic rings. The van der Waals surface area contributed by atoms with Crippen LogP contribution in [0.2, 0.25) is 0 Å². The average Bonchev–Trinajstić information content (AvgIpc) is 3.12. The van der Waals surface area contributed by atoms with E-state index in [4.69, 9.17) is 4.74 Å². The standard InChI is InChI=1S/C47H94N2O3/c1-5-7-9-11-13-15-17-19-21-23-25-27-29-31-33-35-37-40-46(50)48-42-39-43-49(3,4)44-45-52-47(51)41-38-36-34-32-30-28-26-24-22-20-18-16-14-12-10-8-6-2/h5-45H2,1-4H3/p+1. The Balaban J connectivity index is 3.44. The summed E-state index contributed by atoms with van der Waals surface area (Å²) < 4.78 is 6.36. The molecule has 0 aliphatic carbocycles. The van der Waals surface area contributed by atoms with Crippen LogP contribution in [0.4, 0.5) is 0 Å². The van der Waals surface area contributed by atoms with Gasteiger partial charge in [0.25, 0.3) is 0 Å². The SMILES string of the molecule is CCCCCCCCCCCCCCCCCCCC(=O)NCCC[N+](C)(C)CCOC(=O)CCCCCCCCCCCCCCCCCCC. The molecule has 0 unspecified atom stereocenters. The maximum absolute atomic E-state index is 12.3. The largest absolute Gasteiger partial charge is 0.460 e. The molecule has 0 spiro atoms. The highest BCUT2D eigenvalue weighted by Crippen LogP contribution is 2.16. The Morgan fingerprint density at radius 2 is 0.712 bits per heavy atom. The smallest absolute Gasteiger partial charge is 0.305 e. The van der Waals surface area contributed by atoms with Crippen molar-refractivity contribution in [1.82, 2.24) is 5.32 Å². The van der Waals surface area contributed by atoms with Crippen molar-refractivity contribution in [2.24, 2.45) is 0 Å². The van der Waals surface area contributed by atoms with Crippen molar-refractivity contribution in [3.8, 4) is 0 Å². The maximum atomic E-state index is 12.3. The summed E-state index contributed by atoms with van der Waals surface area (Å²) in [6.45, 7) is 7.58. The summed E-state index contributed by atoms with van der Waals surface area (Å²) in [5.41, 5.74) is 0. The highest BCUT2D eigenvalue weighted by molar-refractivity contribution is 5.75. The molecule has 1 amide bonds. The minimum absolute atomic E-state index is 0.0439. The van der Waals surface area contributed by atoms with Crippen molar-refractivity contribution in [1.29, 1.82) is 0 Å². The quantitative estimate of drug-likeness (QED) is 0.0385. The molecule has 310 valence electrons. The number of likely N-dealkylation sites (N-methyl/N-ethyl adjacent to an activating group) is 1. The maximum Gasteiger partial charge on any atom is 0.305 e. The van der Waals surface area contributed by atoms with Gasteiger partial charge in [0, 0.05) is 25.8 Å². The van der Waals surface area contributed by atoms with E-state index in [2.05, 4.69) is 33.3 Å². The van der Waals surface area contributed by atoms with Gasteiger partial charge < -0.3 is 14.5 Å². The Labute approximate surface area is 326 Å². The number of hydrogen-bond donors (Lipinski definition) is 1. The summed E-state index contributed by atoms with van der Waals surface area (Å²) in [5, 5.41) is 3.11. The number of nitrogens with zero attached hydrogens (tertiary/aromatic N) is 1.